The summed E-state index contributed by atoms with van der Waals surface area (Å²) >= 11 is 7.50. The fraction of sp³-hybridized carbons (Fsp3) is 0.389. The molecule has 1 aromatic carbocycles. The van der Waals surface area contributed by atoms with Crippen molar-refractivity contribution in [3.8, 4) is 0 Å². The predicted molar refractivity (Wildman–Crippen MR) is 97.7 cm³/mol. The molecule has 0 spiro atoms. The van der Waals surface area contributed by atoms with Crippen LogP contribution in [0.15, 0.2) is 35.7 Å². The van der Waals surface area contributed by atoms with Gasteiger partial charge in [-0.25, -0.2) is 4.79 Å². The van der Waals surface area contributed by atoms with E-state index in [1.807, 2.05) is 29.6 Å². The van der Waals surface area contributed by atoms with Crippen molar-refractivity contribution in [1.82, 2.24) is 9.80 Å². The molecule has 6 heteroatoms. The fourth-order valence-electron chi connectivity index (χ4n) is 2.92. The molecule has 2 heterocycles. The van der Waals surface area contributed by atoms with Crippen LogP contribution in [0.2, 0.25) is 5.02 Å². The van der Waals surface area contributed by atoms with Gasteiger partial charge in [-0.05, 0) is 34.7 Å². The molecule has 0 unspecified atom stereocenters. The molecule has 0 atom stereocenters. The summed E-state index contributed by atoms with van der Waals surface area (Å²) in [4.78, 5) is 17.1. The summed E-state index contributed by atoms with van der Waals surface area (Å²) in [6, 6.07) is 10.0. The SMILES string of the molecule is COC(=O)c1cc(CN2CCN(Cc3cccc(Cl)c3)CC2)cs1. The van der Waals surface area contributed by atoms with Crippen LogP contribution in [0.5, 0.6) is 0 Å². The zero-order valence-corrected chi connectivity index (χ0v) is 15.3. The molecule has 0 bridgehead atoms. The number of benzene rings is 1. The average molecular weight is 365 g/mol. The van der Waals surface area contributed by atoms with Crippen LogP contribution in [0.3, 0.4) is 0 Å². The molecule has 0 saturated carbocycles. The van der Waals surface area contributed by atoms with Gasteiger partial charge in [-0.2, -0.15) is 0 Å². The molecule has 1 aliphatic rings. The second-order valence-electron chi connectivity index (χ2n) is 5.99. The molecule has 0 amide bonds. The van der Waals surface area contributed by atoms with Gasteiger partial charge < -0.3 is 4.74 Å². The van der Waals surface area contributed by atoms with Gasteiger partial charge in [-0.3, -0.25) is 9.80 Å². The first-order chi connectivity index (χ1) is 11.6. The Bertz CT molecular complexity index is 696. The Morgan fingerprint density at radius 1 is 1.12 bits per heavy atom. The van der Waals surface area contributed by atoms with E-state index in [4.69, 9.17) is 16.3 Å². The van der Waals surface area contributed by atoms with Crippen molar-refractivity contribution in [2.45, 2.75) is 13.1 Å². The summed E-state index contributed by atoms with van der Waals surface area (Å²) in [5.74, 6) is -0.252. The molecule has 1 fully saturated rings. The lowest BCUT2D eigenvalue weighted by molar-refractivity contribution is 0.0606. The summed E-state index contributed by atoms with van der Waals surface area (Å²) in [7, 11) is 1.42. The Balaban J connectivity index is 1.48. The number of carbonyl (C=O) groups is 1. The van der Waals surface area contributed by atoms with Crippen molar-refractivity contribution in [2.24, 2.45) is 0 Å². The van der Waals surface area contributed by atoms with Crippen LogP contribution < -0.4 is 0 Å². The van der Waals surface area contributed by atoms with Crippen molar-refractivity contribution < 1.29 is 9.53 Å². The third-order valence-corrected chi connectivity index (χ3v) is 5.40. The highest BCUT2D eigenvalue weighted by Gasteiger charge is 2.18. The Labute approximate surface area is 151 Å². The minimum absolute atomic E-state index is 0.252. The highest BCUT2D eigenvalue weighted by Crippen LogP contribution is 2.19. The molecular formula is C18H21ClN2O2S. The molecule has 0 N–H and O–H groups in total. The molecule has 3 rings (SSSR count). The van der Waals surface area contributed by atoms with Gasteiger partial charge >= 0.3 is 5.97 Å². The van der Waals surface area contributed by atoms with Gasteiger partial charge in [0.2, 0.25) is 0 Å². The van der Waals surface area contributed by atoms with Gasteiger partial charge in [0, 0.05) is 44.3 Å². The van der Waals surface area contributed by atoms with E-state index in [9.17, 15) is 4.79 Å². The molecule has 1 aromatic heterocycles. The largest absolute Gasteiger partial charge is 0.465 e. The number of hydrogen-bond donors (Lipinski definition) is 0. The number of halogens is 1. The van der Waals surface area contributed by atoms with Gasteiger partial charge in [0.25, 0.3) is 0 Å². The highest BCUT2D eigenvalue weighted by molar-refractivity contribution is 7.12. The monoisotopic (exact) mass is 364 g/mol. The number of ether oxygens (including phenoxy) is 1. The maximum atomic E-state index is 11.5. The summed E-state index contributed by atoms with van der Waals surface area (Å²) in [6.45, 7) is 5.98. The van der Waals surface area contributed by atoms with Gasteiger partial charge in [0.05, 0.1) is 7.11 Å². The van der Waals surface area contributed by atoms with Gasteiger partial charge in [0.1, 0.15) is 4.88 Å². The third kappa shape index (κ3) is 4.57. The molecule has 4 nitrogen and oxygen atoms in total. The van der Waals surface area contributed by atoms with Crippen LogP contribution in [0.25, 0.3) is 0 Å². The normalized spacial score (nSPS) is 16.2. The molecule has 1 saturated heterocycles. The molecule has 128 valence electrons. The maximum absolute atomic E-state index is 11.5. The number of carbonyl (C=O) groups excluding carboxylic acids is 1. The lowest BCUT2D eigenvalue weighted by atomic mass is 10.2. The Kier molecular flexibility index (Phi) is 5.89. The van der Waals surface area contributed by atoms with E-state index in [2.05, 4.69) is 15.9 Å². The molecule has 1 aliphatic heterocycles. The van der Waals surface area contributed by atoms with Gasteiger partial charge in [-0.15, -0.1) is 11.3 Å². The third-order valence-electron chi connectivity index (χ3n) is 4.21. The smallest absolute Gasteiger partial charge is 0.348 e. The van der Waals surface area contributed by atoms with E-state index >= 15 is 0 Å². The van der Waals surface area contributed by atoms with E-state index in [-0.39, 0.29) is 5.97 Å². The van der Waals surface area contributed by atoms with Crippen LogP contribution in [0.1, 0.15) is 20.8 Å². The summed E-state index contributed by atoms with van der Waals surface area (Å²) in [5, 5.41) is 2.84. The number of piperazine rings is 1. The standard InChI is InChI=1S/C18H21ClN2O2S/c1-23-18(22)17-10-15(13-24-17)12-21-7-5-20(6-8-21)11-14-3-2-4-16(19)9-14/h2-4,9-10,13H,5-8,11-12H2,1H3. The van der Waals surface area contributed by atoms with E-state index in [1.54, 1.807) is 0 Å². The lowest BCUT2D eigenvalue weighted by Gasteiger charge is -2.34. The van der Waals surface area contributed by atoms with E-state index in [1.165, 1.54) is 29.6 Å². The van der Waals surface area contributed by atoms with Crippen LogP contribution >= 0.6 is 22.9 Å². The predicted octanol–water partition coefficient (Wildman–Crippen LogP) is 3.51. The molecule has 2 aromatic rings. The molecular weight excluding hydrogens is 344 g/mol. The van der Waals surface area contributed by atoms with Crippen LogP contribution in [-0.2, 0) is 17.8 Å². The number of methoxy groups -OCH3 is 1. The molecule has 0 radical (unpaired) electrons. The van der Waals surface area contributed by atoms with Crippen LogP contribution in [0.4, 0.5) is 0 Å². The van der Waals surface area contributed by atoms with E-state index in [0.717, 1.165) is 44.3 Å². The van der Waals surface area contributed by atoms with Crippen LogP contribution in [0, 0.1) is 0 Å². The first-order valence-electron chi connectivity index (χ1n) is 7.99. The fourth-order valence-corrected chi connectivity index (χ4v) is 3.96. The second kappa shape index (κ2) is 8.12. The van der Waals surface area contributed by atoms with Crippen molar-refractivity contribution >= 4 is 28.9 Å². The quantitative estimate of drug-likeness (QED) is 0.760. The van der Waals surface area contributed by atoms with Gasteiger partial charge in [-0.1, -0.05) is 23.7 Å². The first kappa shape index (κ1) is 17.4. The minimum atomic E-state index is -0.252. The Morgan fingerprint density at radius 3 is 2.42 bits per heavy atom. The zero-order chi connectivity index (χ0) is 16.9. The Morgan fingerprint density at radius 2 is 1.79 bits per heavy atom. The molecule has 24 heavy (non-hydrogen) atoms. The molecule has 0 aliphatic carbocycles. The van der Waals surface area contributed by atoms with E-state index in [0.29, 0.717) is 4.88 Å². The van der Waals surface area contributed by atoms with Crippen LogP contribution in [-0.4, -0.2) is 49.1 Å². The maximum Gasteiger partial charge on any atom is 0.348 e. The number of rotatable bonds is 5. The first-order valence-corrected chi connectivity index (χ1v) is 9.24. The highest BCUT2D eigenvalue weighted by atomic mass is 35.5. The average Bonchev–Trinajstić information content (AvgIpc) is 3.04. The van der Waals surface area contributed by atoms with Gasteiger partial charge in [0.15, 0.2) is 0 Å². The number of thiophene rings is 1. The van der Waals surface area contributed by atoms with Crippen molar-refractivity contribution in [3.05, 3.63) is 56.7 Å². The topological polar surface area (TPSA) is 32.8 Å². The van der Waals surface area contributed by atoms with E-state index < -0.39 is 0 Å². The number of nitrogens with zero attached hydrogens (tertiary/aromatic N) is 2. The lowest BCUT2D eigenvalue weighted by Crippen LogP contribution is -2.45. The summed E-state index contributed by atoms with van der Waals surface area (Å²) < 4.78 is 4.76. The summed E-state index contributed by atoms with van der Waals surface area (Å²) in [6.07, 6.45) is 0. The van der Waals surface area contributed by atoms with Crippen molar-refractivity contribution in [3.63, 3.8) is 0 Å². The minimum Gasteiger partial charge on any atom is -0.465 e. The van der Waals surface area contributed by atoms with Crippen molar-refractivity contribution in [1.29, 1.82) is 0 Å². The summed E-state index contributed by atoms with van der Waals surface area (Å²) in [5.41, 5.74) is 2.44. The number of esters is 1. The van der Waals surface area contributed by atoms with Crippen molar-refractivity contribution in [2.75, 3.05) is 33.3 Å². The zero-order valence-electron chi connectivity index (χ0n) is 13.7. The second-order valence-corrected chi connectivity index (χ2v) is 7.34. The number of hydrogen-bond acceptors (Lipinski definition) is 5. The Hall–Kier alpha value is -1.40.